The molecule has 0 amide bonds. The van der Waals surface area contributed by atoms with Crippen LogP contribution < -0.4 is 31.9 Å². The van der Waals surface area contributed by atoms with Crippen molar-refractivity contribution in [2.24, 2.45) is 0 Å². The van der Waals surface area contributed by atoms with E-state index in [2.05, 4.69) is 31.9 Å². The van der Waals surface area contributed by atoms with E-state index >= 15 is 5.11 Å². The fraction of sp³-hybridized carbons (Fsp3) is 0.0769. The zero-order valence-corrected chi connectivity index (χ0v) is 29.3. The van der Waals surface area contributed by atoms with Crippen LogP contribution >= 0.6 is 0 Å². The van der Waals surface area contributed by atoms with Crippen molar-refractivity contribution in [3.63, 3.8) is 0 Å². The smallest absolute Gasteiger partial charge is 0.298 e. The molecule has 0 unspecified atom stereocenters. The molecule has 0 aliphatic rings. The van der Waals surface area contributed by atoms with Gasteiger partial charge in [-0.1, -0.05) is 0 Å². The Labute approximate surface area is 320 Å². The molecule has 0 atom stereocenters. The first-order valence-electron chi connectivity index (χ1n) is 17.6. The van der Waals surface area contributed by atoms with E-state index < -0.39 is 17.7 Å². The standard InChI is InChI=1S/C39H25N6O13/c46-39(44-35-17-29-23(57-35)5-11-51-29,45-36-18-30-24(58-36)6-12-52-30)38(42-33-15-27-21(55-33)3-9-49-27,43-34-16-28-22(56-34)4-10-50-28)37(40-31-13-25-19(53-31)1-7-47-25)41-32-14-26-20(54-32)2-8-48-26/h1-18,37,40-45H. The van der Waals surface area contributed by atoms with Crippen LogP contribution in [-0.2, 0) is 5.11 Å². The molecule has 0 bridgehead atoms. The van der Waals surface area contributed by atoms with E-state index in [1.54, 1.807) is 60.7 Å². The molecule has 0 saturated heterocycles. The third-order valence-electron chi connectivity index (χ3n) is 9.64. The van der Waals surface area contributed by atoms with Gasteiger partial charge in [-0.05, 0) is 0 Å². The van der Waals surface area contributed by atoms with Crippen LogP contribution in [0.2, 0.25) is 0 Å². The first kappa shape index (κ1) is 32.0. The van der Waals surface area contributed by atoms with E-state index in [0.29, 0.717) is 67.0 Å². The molecule has 0 saturated carbocycles. The van der Waals surface area contributed by atoms with E-state index in [0.717, 1.165) is 0 Å². The topological polar surface area (TPSA) is 250 Å². The minimum Gasteiger partial charge on any atom is -0.461 e. The second-order valence-electron chi connectivity index (χ2n) is 13.3. The quantitative estimate of drug-likeness (QED) is 0.0560. The van der Waals surface area contributed by atoms with Gasteiger partial charge in [0.25, 0.3) is 5.85 Å². The summed E-state index contributed by atoms with van der Waals surface area (Å²) in [4.78, 5) is 0. The van der Waals surface area contributed by atoms with Crippen molar-refractivity contribution in [1.82, 2.24) is 0 Å². The van der Waals surface area contributed by atoms with E-state index in [-0.39, 0.29) is 35.3 Å². The van der Waals surface area contributed by atoms with Gasteiger partial charge in [-0.2, -0.15) is 5.11 Å². The average molecular weight is 786 g/mol. The maximum Gasteiger partial charge on any atom is 0.298 e. The number of anilines is 6. The van der Waals surface area contributed by atoms with Gasteiger partial charge in [0.05, 0.1) is 37.6 Å². The Kier molecular flexibility index (Phi) is 6.53. The van der Waals surface area contributed by atoms with E-state index in [9.17, 15) is 0 Å². The summed E-state index contributed by atoms with van der Waals surface area (Å²) < 4.78 is 70.8. The van der Waals surface area contributed by atoms with E-state index in [1.165, 1.54) is 49.7 Å². The summed E-state index contributed by atoms with van der Waals surface area (Å²) in [6, 6.07) is 19.3. The second-order valence-corrected chi connectivity index (χ2v) is 13.3. The predicted octanol–water partition coefficient (Wildman–Crippen LogP) is 10.8. The van der Waals surface area contributed by atoms with Gasteiger partial charge in [0.15, 0.2) is 96.7 Å². The van der Waals surface area contributed by atoms with Gasteiger partial charge < -0.3 is 84.9 Å². The SMILES string of the molecule is [O]C(Nc1cc2occc2o1)(Nc1cc2occc2o1)C(Nc1cc2occc2o1)(Nc1cc2occc2o1)C(Nc1cc2occc2o1)Nc1cc2occc2o1. The number of nitrogens with one attached hydrogen (secondary N) is 6. The van der Waals surface area contributed by atoms with Crippen LogP contribution in [0.4, 0.5) is 35.3 Å². The molecule has 12 heterocycles. The Balaban J connectivity index is 1.11. The van der Waals surface area contributed by atoms with Gasteiger partial charge in [0.2, 0.25) is 17.4 Å². The normalized spacial score (nSPS) is 12.7. The van der Waals surface area contributed by atoms with Gasteiger partial charge >= 0.3 is 0 Å². The van der Waals surface area contributed by atoms with Crippen LogP contribution in [0.3, 0.4) is 0 Å². The third-order valence-corrected chi connectivity index (χ3v) is 9.64. The van der Waals surface area contributed by atoms with Gasteiger partial charge in [0, 0.05) is 72.8 Å². The van der Waals surface area contributed by atoms with Crippen molar-refractivity contribution in [3.05, 3.63) is 110 Å². The molecule has 58 heavy (non-hydrogen) atoms. The maximum absolute atomic E-state index is 16.8. The first-order chi connectivity index (χ1) is 28.4. The highest BCUT2D eigenvalue weighted by Gasteiger charge is 2.62. The van der Waals surface area contributed by atoms with Crippen molar-refractivity contribution in [3.8, 4) is 0 Å². The molecule has 0 aliphatic carbocycles. The lowest BCUT2D eigenvalue weighted by Crippen LogP contribution is -2.78. The first-order valence-corrected chi connectivity index (χ1v) is 17.6. The lowest BCUT2D eigenvalue weighted by molar-refractivity contribution is -0.0349. The molecular formula is C39H25N6O13. The lowest BCUT2D eigenvalue weighted by atomic mass is 9.96. The number of hydrogen-bond acceptors (Lipinski definition) is 18. The zero-order valence-electron chi connectivity index (χ0n) is 29.3. The van der Waals surface area contributed by atoms with Gasteiger partial charge in [-0.25, -0.2) is 0 Å². The fourth-order valence-corrected chi connectivity index (χ4v) is 7.04. The molecule has 0 aliphatic heterocycles. The molecule has 12 aromatic heterocycles. The molecule has 1 radical (unpaired) electrons. The molecule has 0 spiro atoms. The Morgan fingerprint density at radius 3 is 0.897 bits per heavy atom. The maximum atomic E-state index is 16.8. The highest BCUT2D eigenvalue weighted by atomic mass is 16.4. The number of fused-ring (bicyclic) bond motifs is 6. The van der Waals surface area contributed by atoms with Crippen LogP contribution in [0, 0.1) is 0 Å². The molecule has 6 N–H and O–H groups in total. The Hall–Kier alpha value is -8.32. The second kappa shape index (κ2) is 11.8. The fourth-order valence-electron chi connectivity index (χ4n) is 7.04. The van der Waals surface area contributed by atoms with Crippen molar-refractivity contribution in [2.75, 3.05) is 31.9 Å². The van der Waals surface area contributed by atoms with Crippen LogP contribution in [-0.4, -0.2) is 17.7 Å². The summed E-state index contributed by atoms with van der Waals surface area (Å²) in [5, 5.41) is 36.2. The number of hydrogen-bond donors (Lipinski definition) is 6. The molecule has 12 rings (SSSR count). The van der Waals surface area contributed by atoms with Crippen LogP contribution in [0.25, 0.3) is 67.0 Å². The highest BCUT2D eigenvalue weighted by molar-refractivity contribution is 5.81. The van der Waals surface area contributed by atoms with Gasteiger partial charge in [0.1, 0.15) is 0 Å². The number of rotatable bonds is 14. The Bertz CT molecular complexity index is 2960. The minimum absolute atomic E-state index is 0.00810. The summed E-state index contributed by atoms with van der Waals surface area (Å²) in [6.45, 7) is 0. The molecule has 12 aromatic rings. The van der Waals surface area contributed by atoms with Crippen molar-refractivity contribution >= 4 is 102 Å². The summed E-state index contributed by atoms with van der Waals surface area (Å²) in [5.41, 5.74) is 2.46. The summed E-state index contributed by atoms with van der Waals surface area (Å²) >= 11 is 0. The minimum atomic E-state index is -2.82. The van der Waals surface area contributed by atoms with Gasteiger partial charge in [-0.3, -0.25) is 0 Å². The predicted molar refractivity (Wildman–Crippen MR) is 203 cm³/mol. The van der Waals surface area contributed by atoms with Crippen LogP contribution in [0.1, 0.15) is 0 Å². The summed E-state index contributed by atoms with van der Waals surface area (Å²) in [7, 11) is 0. The largest absolute Gasteiger partial charge is 0.461 e. The summed E-state index contributed by atoms with van der Waals surface area (Å²) in [6.07, 6.45) is 7.48. The summed E-state index contributed by atoms with van der Waals surface area (Å²) in [5.74, 6) is -2.36. The average Bonchev–Trinajstić information content (AvgIpc) is 3.96. The zero-order chi connectivity index (χ0) is 38.4. The van der Waals surface area contributed by atoms with Crippen molar-refractivity contribution in [1.29, 1.82) is 0 Å². The Morgan fingerprint density at radius 1 is 0.345 bits per heavy atom. The molecule has 19 heteroatoms. The molecule has 289 valence electrons. The monoisotopic (exact) mass is 785 g/mol. The number of furan rings is 12. The van der Waals surface area contributed by atoms with Crippen molar-refractivity contribution < 1.29 is 58.1 Å². The molecular weight excluding hydrogens is 760 g/mol. The van der Waals surface area contributed by atoms with Gasteiger partial charge in [-0.15, -0.1) is 0 Å². The van der Waals surface area contributed by atoms with Crippen LogP contribution in [0.15, 0.2) is 163 Å². The third kappa shape index (κ3) is 5.10. The highest BCUT2D eigenvalue weighted by Crippen LogP contribution is 2.42. The molecule has 19 nitrogen and oxygen atoms in total. The Morgan fingerprint density at radius 2 is 0.603 bits per heavy atom. The van der Waals surface area contributed by atoms with Crippen LogP contribution in [0.5, 0.6) is 0 Å². The van der Waals surface area contributed by atoms with E-state index in [4.69, 9.17) is 53.0 Å². The lowest BCUT2D eigenvalue weighted by Gasteiger charge is -2.49. The van der Waals surface area contributed by atoms with E-state index in [1.807, 2.05) is 0 Å². The van der Waals surface area contributed by atoms with Crippen molar-refractivity contribution in [2.45, 2.75) is 17.7 Å². The molecule has 0 fully saturated rings. The molecule has 0 aromatic carbocycles.